The van der Waals surface area contributed by atoms with Crippen molar-refractivity contribution in [2.75, 3.05) is 10.6 Å². The molecule has 0 fully saturated rings. The van der Waals surface area contributed by atoms with Crippen LogP contribution in [0.25, 0.3) is 10.9 Å². The van der Waals surface area contributed by atoms with Gasteiger partial charge in [-0.3, -0.25) is 19.0 Å². The molecule has 1 aliphatic rings. The van der Waals surface area contributed by atoms with Crippen LogP contribution in [0.1, 0.15) is 51.4 Å². The Morgan fingerprint density at radius 2 is 1.50 bits per heavy atom. The van der Waals surface area contributed by atoms with E-state index in [1.807, 2.05) is 0 Å². The minimum absolute atomic E-state index is 0.00303. The lowest BCUT2D eigenvalue weighted by atomic mass is 10.1. The van der Waals surface area contributed by atoms with E-state index in [2.05, 4.69) is 15.6 Å². The van der Waals surface area contributed by atoms with Gasteiger partial charge in [0.15, 0.2) is 0 Å². The van der Waals surface area contributed by atoms with Gasteiger partial charge in [-0.2, -0.15) is 13.2 Å². The topological polar surface area (TPSA) is 93.1 Å². The van der Waals surface area contributed by atoms with Crippen LogP contribution in [0.3, 0.4) is 0 Å². The molecule has 38 heavy (non-hydrogen) atoms. The monoisotopic (exact) mass is 520 g/mol. The smallest absolute Gasteiger partial charge is 0.322 e. The number of amides is 2. The Morgan fingerprint density at radius 1 is 0.816 bits per heavy atom. The van der Waals surface area contributed by atoms with E-state index < -0.39 is 23.6 Å². The molecule has 0 bridgehead atoms. The van der Waals surface area contributed by atoms with Gasteiger partial charge in [0.05, 0.1) is 16.5 Å². The van der Waals surface area contributed by atoms with Gasteiger partial charge in [0.2, 0.25) is 0 Å². The van der Waals surface area contributed by atoms with Crippen LogP contribution in [-0.4, -0.2) is 21.4 Å². The second-order valence-electron chi connectivity index (χ2n) is 9.10. The minimum atomic E-state index is -4.53. The molecule has 7 nitrogen and oxygen atoms in total. The molecule has 0 spiro atoms. The van der Waals surface area contributed by atoms with Crippen LogP contribution in [-0.2, 0) is 19.1 Å². The summed E-state index contributed by atoms with van der Waals surface area (Å²) < 4.78 is 40.6. The van der Waals surface area contributed by atoms with Gasteiger partial charge in [-0.15, -0.1) is 0 Å². The van der Waals surface area contributed by atoms with Crippen LogP contribution in [0, 0.1) is 0 Å². The molecule has 2 amide bonds. The molecular weight excluding hydrogens is 497 g/mol. The van der Waals surface area contributed by atoms with E-state index in [0.29, 0.717) is 35.1 Å². The lowest BCUT2D eigenvalue weighted by Gasteiger charge is -2.12. The number of aromatic nitrogens is 2. The molecule has 0 saturated carbocycles. The van der Waals surface area contributed by atoms with Crippen LogP contribution in [0.2, 0.25) is 0 Å². The van der Waals surface area contributed by atoms with Crippen molar-refractivity contribution in [2.24, 2.45) is 0 Å². The third-order valence-electron chi connectivity index (χ3n) is 6.41. The Labute approximate surface area is 215 Å². The first kappa shape index (κ1) is 25.2. The van der Waals surface area contributed by atoms with E-state index in [0.717, 1.165) is 37.2 Å². The van der Waals surface area contributed by atoms with Gasteiger partial charge < -0.3 is 10.6 Å². The van der Waals surface area contributed by atoms with Gasteiger partial charge in [0.1, 0.15) is 5.82 Å². The lowest BCUT2D eigenvalue weighted by Crippen LogP contribution is -2.24. The van der Waals surface area contributed by atoms with Crippen molar-refractivity contribution in [1.29, 1.82) is 0 Å². The fourth-order valence-electron chi connectivity index (χ4n) is 4.48. The average Bonchev–Trinajstić information content (AvgIpc) is 3.14. The van der Waals surface area contributed by atoms with Crippen molar-refractivity contribution >= 4 is 34.1 Å². The Morgan fingerprint density at radius 3 is 2.24 bits per heavy atom. The summed E-state index contributed by atoms with van der Waals surface area (Å²) in [5, 5.41) is 5.61. The Kier molecular flexibility index (Phi) is 6.71. The Hall–Kier alpha value is -4.47. The number of rotatable bonds is 4. The summed E-state index contributed by atoms with van der Waals surface area (Å²) in [4.78, 5) is 43.2. The number of halogens is 3. The summed E-state index contributed by atoms with van der Waals surface area (Å²) in [6, 6.07) is 15.1. The summed E-state index contributed by atoms with van der Waals surface area (Å²) in [7, 11) is 0. The number of alkyl halides is 3. The number of fused-ring (bicyclic) bond motifs is 2. The Balaban J connectivity index is 1.34. The molecular formula is C28H23F3N4O3. The number of carbonyl (C=O) groups excluding carboxylic acids is 2. The normalized spacial score (nSPS) is 13.4. The zero-order valence-electron chi connectivity index (χ0n) is 20.1. The van der Waals surface area contributed by atoms with E-state index in [-0.39, 0.29) is 16.8 Å². The summed E-state index contributed by atoms with van der Waals surface area (Å²) in [5.74, 6) is -0.368. The maximum atomic E-state index is 13.0. The zero-order chi connectivity index (χ0) is 26.9. The minimum Gasteiger partial charge on any atom is -0.322 e. The van der Waals surface area contributed by atoms with Crippen molar-refractivity contribution in [3.05, 3.63) is 99.6 Å². The van der Waals surface area contributed by atoms with Crippen molar-refractivity contribution in [3.8, 4) is 0 Å². The number of hydrogen-bond donors (Lipinski definition) is 2. The van der Waals surface area contributed by atoms with Crippen molar-refractivity contribution in [2.45, 2.75) is 38.4 Å². The van der Waals surface area contributed by atoms with Gasteiger partial charge in [0.25, 0.3) is 17.4 Å². The predicted molar refractivity (Wildman–Crippen MR) is 137 cm³/mol. The van der Waals surface area contributed by atoms with Crippen LogP contribution in [0.15, 0.2) is 71.5 Å². The predicted octanol–water partition coefficient (Wildman–Crippen LogP) is 5.65. The summed E-state index contributed by atoms with van der Waals surface area (Å²) in [5.41, 5.74) is 0.222. The number of carbonyl (C=O) groups is 2. The maximum Gasteiger partial charge on any atom is 0.416 e. The highest BCUT2D eigenvalue weighted by Crippen LogP contribution is 2.30. The van der Waals surface area contributed by atoms with E-state index >= 15 is 0 Å². The molecule has 0 aliphatic carbocycles. The molecule has 0 unspecified atom stereocenters. The number of hydrogen-bond acceptors (Lipinski definition) is 4. The molecule has 5 rings (SSSR count). The first-order valence-corrected chi connectivity index (χ1v) is 12.1. The molecule has 1 aromatic heterocycles. The average molecular weight is 521 g/mol. The van der Waals surface area contributed by atoms with Gasteiger partial charge in [0, 0.05) is 35.5 Å². The highest BCUT2D eigenvalue weighted by Gasteiger charge is 2.30. The third kappa shape index (κ3) is 5.29. The SMILES string of the molecule is O=C(Nc1cccc(C(F)(F)F)c1)c1cccc(NC(=O)c2ccc3c(=O)n4c(nc3c2)CCCCC4)c1. The van der Waals surface area contributed by atoms with Crippen LogP contribution >= 0.6 is 0 Å². The van der Waals surface area contributed by atoms with Crippen LogP contribution < -0.4 is 16.2 Å². The molecule has 10 heteroatoms. The zero-order valence-corrected chi connectivity index (χ0v) is 20.1. The molecule has 3 aromatic carbocycles. The van der Waals surface area contributed by atoms with E-state index in [1.165, 1.54) is 24.3 Å². The number of anilines is 2. The standard InChI is InChI=1S/C28H23F3N4O3/c29-28(30,31)19-7-5-9-21(16-19)33-25(36)17-6-4-8-20(14-17)32-26(37)18-11-12-22-23(15-18)34-24-10-2-1-3-13-35(24)27(22)38/h4-9,11-12,14-16H,1-3,10,13H2,(H,32,37)(H,33,36). The number of aryl methyl sites for hydroxylation is 1. The fourth-order valence-corrected chi connectivity index (χ4v) is 4.48. The highest BCUT2D eigenvalue weighted by atomic mass is 19.4. The van der Waals surface area contributed by atoms with E-state index in [9.17, 15) is 27.6 Å². The summed E-state index contributed by atoms with van der Waals surface area (Å²) in [6.07, 6.45) is -0.913. The molecule has 2 heterocycles. The van der Waals surface area contributed by atoms with E-state index in [1.54, 1.807) is 34.9 Å². The molecule has 2 N–H and O–H groups in total. The van der Waals surface area contributed by atoms with Crippen molar-refractivity contribution in [3.63, 3.8) is 0 Å². The molecule has 4 aromatic rings. The first-order valence-electron chi connectivity index (χ1n) is 12.1. The molecule has 194 valence electrons. The summed E-state index contributed by atoms with van der Waals surface area (Å²) in [6.45, 7) is 0.636. The Bertz CT molecular complexity index is 1610. The second kappa shape index (κ2) is 10.1. The van der Waals surface area contributed by atoms with Crippen molar-refractivity contribution in [1.82, 2.24) is 9.55 Å². The fraction of sp³-hybridized carbons (Fsp3) is 0.214. The highest BCUT2D eigenvalue weighted by molar-refractivity contribution is 6.08. The number of benzene rings is 3. The second-order valence-corrected chi connectivity index (χ2v) is 9.10. The largest absolute Gasteiger partial charge is 0.416 e. The molecule has 1 aliphatic heterocycles. The quantitative estimate of drug-likeness (QED) is 0.364. The van der Waals surface area contributed by atoms with Gasteiger partial charge in [-0.05, 0) is 67.4 Å². The summed E-state index contributed by atoms with van der Waals surface area (Å²) >= 11 is 0. The third-order valence-corrected chi connectivity index (χ3v) is 6.41. The molecule has 0 atom stereocenters. The molecule has 0 saturated heterocycles. The molecule has 0 radical (unpaired) electrons. The first-order chi connectivity index (χ1) is 18.2. The van der Waals surface area contributed by atoms with Crippen LogP contribution in [0.4, 0.5) is 24.5 Å². The van der Waals surface area contributed by atoms with E-state index in [4.69, 9.17) is 0 Å². The van der Waals surface area contributed by atoms with Gasteiger partial charge >= 0.3 is 6.18 Å². The lowest BCUT2D eigenvalue weighted by molar-refractivity contribution is -0.137. The van der Waals surface area contributed by atoms with Crippen LogP contribution in [0.5, 0.6) is 0 Å². The van der Waals surface area contributed by atoms with Crippen molar-refractivity contribution < 1.29 is 22.8 Å². The van der Waals surface area contributed by atoms with Gasteiger partial charge in [-0.1, -0.05) is 18.6 Å². The maximum absolute atomic E-state index is 13.0. The van der Waals surface area contributed by atoms with Gasteiger partial charge in [-0.25, -0.2) is 4.98 Å². The number of nitrogens with one attached hydrogen (secondary N) is 2. The number of nitrogens with zero attached hydrogens (tertiary/aromatic N) is 2.